The molecule has 14 aromatic rings. The van der Waals surface area contributed by atoms with Crippen molar-refractivity contribution in [2.45, 2.75) is 5.41 Å². The third-order valence-electron chi connectivity index (χ3n) is 16.6. The van der Waals surface area contributed by atoms with Gasteiger partial charge in [0, 0.05) is 33.4 Å². The van der Waals surface area contributed by atoms with Crippen LogP contribution in [0.5, 0.6) is 0 Å². The largest absolute Gasteiger partial charge is 0.310 e. The number of fused-ring (bicyclic) bond motifs is 19. The highest BCUT2D eigenvalue weighted by Gasteiger charge is 2.52. The lowest BCUT2D eigenvalue weighted by Gasteiger charge is -2.32. The second-order valence-corrected chi connectivity index (χ2v) is 20.3. The summed E-state index contributed by atoms with van der Waals surface area (Å²) in [6, 6.07) is 104. The van der Waals surface area contributed by atoms with Crippen molar-refractivity contribution in [2.75, 3.05) is 4.90 Å². The SMILES string of the molecule is c1ccc(-n2c3ccccc3c3c(-c4ccc(-c5ccc(N(c6ccc7c8ccccc8c8ccccc8c7c6)c6cccc7c6-c6ccccc6C76c7ccccc7-c7ccccc76)cc5)cc4)cccc32)cc1. The van der Waals surface area contributed by atoms with Crippen molar-refractivity contribution in [1.29, 1.82) is 0 Å². The fourth-order valence-corrected chi connectivity index (χ4v) is 13.5. The second-order valence-electron chi connectivity index (χ2n) is 20.3. The summed E-state index contributed by atoms with van der Waals surface area (Å²) in [5, 5.41) is 10.1. The van der Waals surface area contributed by atoms with Crippen LogP contribution < -0.4 is 4.90 Å². The van der Waals surface area contributed by atoms with Crippen molar-refractivity contribution in [1.82, 2.24) is 4.57 Å². The minimum Gasteiger partial charge on any atom is -0.310 e. The Morgan fingerprint density at radius 3 is 1.40 bits per heavy atom. The Kier molecular flexibility index (Phi) is 8.99. The second kappa shape index (κ2) is 16.1. The molecule has 0 amide bonds. The third-order valence-corrected chi connectivity index (χ3v) is 16.6. The lowest BCUT2D eigenvalue weighted by molar-refractivity contribution is 0.794. The summed E-state index contributed by atoms with van der Waals surface area (Å²) in [5.41, 5.74) is 21.8. The number of rotatable bonds is 6. The van der Waals surface area contributed by atoms with Gasteiger partial charge in [0.2, 0.25) is 0 Å². The molecule has 1 heterocycles. The zero-order valence-corrected chi connectivity index (χ0v) is 41.0. The molecule has 13 aromatic carbocycles. The lowest BCUT2D eigenvalue weighted by Crippen LogP contribution is -2.26. The molecule has 1 spiro atoms. The van der Waals surface area contributed by atoms with Gasteiger partial charge in [-0.3, -0.25) is 0 Å². The van der Waals surface area contributed by atoms with Crippen LogP contribution in [-0.2, 0) is 5.41 Å². The highest BCUT2D eigenvalue weighted by Crippen LogP contribution is 2.64. The first kappa shape index (κ1) is 41.8. The number of aromatic nitrogens is 1. The van der Waals surface area contributed by atoms with Crippen LogP contribution in [0.4, 0.5) is 17.1 Å². The maximum absolute atomic E-state index is 2.52. The minimum absolute atomic E-state index is 0.459. The molecule has 75 heavy (non-hydrogen) atoms. The topological polar surface area (TPSA) is 8.17 Å². The van der Waals surface area contributed by atoms with Crippen LogP contribution in [0.1, 0.15) is 22.3 Å². The number of para-hydroxylation sites is 2. The molecule has 0 aliphatic heterocycles. The van der Waals surface area contributed by atoms with Gasteiger partial charge in [0.15, 0.2) is 0 Å². The summed E-state index contributed by atoms with van der Waals surface area (Å²) in [4.78, 5) is 2.52. The van der Waals surface area contributed by atoms with Crippen LogP contribution in [0.2, 0.25) is 0 Å². The van der Waals surface area contributed by atoms with Crippen molar-refractivity contribution in [3.8, 4) is 50.2 Å². The Morgan fingerprint density at radius 1 is 0.280 bits per heavy atom. The van der Waals surface area contributed by atoms with Gasteiger partial charge in [-0.05, 0) is 148 Å². The summed E-state index contributed by atoms with van der Waals surface area (Å²) in [5.74, 6) is 0. The van der Waals surface area contributed by atoms with E-state index in [1.165, 1.54) is 121 Å². The van der Waals surface area contributed by atoms with E-state index in [4.69, 9.17) is 0 Å². The Labute approximate surface area is 435 Å². The molecule has 348 valence electrons. The Bertz CT molecular complexity index is 4560. The van der Waals surface area contributed by atoms with Crippen molar-refractivity contribution in [3.05, 3.63) is 301 Å². The summed E-state index contributed by atoms with van der Waals surface area (Å²) in [6.07, 6.45) is 0. The zero-order valence-electron chi connectivity index (χ0n) is 41.0. The van der Waals surface area contributed by atoms with E-state index >= 15 is 0 Å². The fraction of sp³-hybridized carbons (Fsp3) is 0.0137. The molecule has 0 fully saturated rings. The minimum atomic E-state index is -0.459. The smallest absolute Gasteiger partial charge is 0.0726 e. The standard InChI is InChI=1S/C73H46N2/c1-2-18-50(19-3-1)75-68-33-15-11-27-62(68)71-53(28-16-34-69(71)75)49-38-36-47(37-39-49)48-40-42-51(43-41-48)74(52-44-45-58-56-22-5-4-20-54(56)55-21-6-7-23-57(55)63(58)46-52)70-35-17-32-67-72(70)61-26-10-14-31-66(61)73(67)64-29-12-8-24-59(64)60-25-9-13-30-65(60)73/h1-46H. The Morgan fingerprint density at radius 2 is 0.733 bits per heavy atom. The average molecular weight is 951 g/mol. The summed E-state index contributed by atoms with van der Waals surface area (Å²) in [7, 11) is 0. The molecule has 2 nitrogen and oxygen atoms in total. The molecule has 0 atom stereocenters. The summed E-state index contributed by atoms with van der Waals surface area (Å²) >= 11 is 0. The van der Waals surface area contributed by atoms with E-state index in [0.717, 1.165) is 22.7 Å². The van der Waals surface area contributed by atoms with E-state index in [1.807, 2.05) is 0 Å². The first-order valence-corrected chi connectivity index (χ1v) is 26.1. The van der Waals surface area contributed by atoms with E-state index in [-0.39, 0.29) is 0 Å². The zero-order chi connectivity index (χ0) is 49.2. The first-order chi connectivity index (χ1) is 37.2. The van der Waals surface area contributed by atoms with Crippen LogP contribution in [0.3, 0.4) is 0 Å². The molecule has 0 bridgehead atoms. The van der Waals surface area contributed by atoms with Gasteiger partial charge in [-0.25, -0.2) is 0 Å². The van der Waals surface area contributed by atoms with Gasteiger partial charge in [-0.1, -0.05) is 224 Å². The molecule has 0 N–H and O–H groups in total. The number of nitrogens with zero attached hydrogens (tertiary/aromatic N) is 2. The maximum atomic E-state index is 2.52. The predicted octanol–water partition coefficient (Wildman–Crippen LogP) is 19.4. The highest BCUT2D eigenvalue weighted by atomic mass is 15.1. The molecule has 2 aliphatic carbocycles. The van der Waals surface area contributed by atoms with E-state index in [9.17, 15) is 0 Å². The molecule has 0 saturated heterocycles. The van der Waals surface area contributed by atoms with Crippen LogP contribution in [-0.4, -0.2) is 4.57 Å². The van der Waals surface area contributed by atoms with Crippen LogP contribution in [0.15, 0.2) is 279 Å². The Hall–Kier alpha value is -9.76. The first-order valence-electron chi connectivity index (χ1n) is 26.1. The molecular weight excluding hydrogens is 905 g/mol. The van der Waals surface area contributed by atoms with E-state index < -0.39 is 5.41 Å². The molecule has 0 radical (unpaired) electrons. The van der Waals surface area contributed by atoms with Crippen LogP contribution >= 0.6 is 0 Å². The van der Waals surface area contributed by atoms with Gasteiger partial charge < -0.3 is 9.47 Å². The number of hydrogen-bond donors (Lipinski definition) is 0. The van der Waals surface area contributed by atoms with Crippen LogP contribution in [0.25, 0.3) is 104 Å². The predicted molar refractivity (Wildman–Crippen MR) is 315 cm³/mol. The average Bonchev–Trinajstić information content (AvgIpc) is 4.10. The molecule has 0 unspecified atom stereocenters. The van der Waals surface area contributed by atoms with Gasteiger partial charge in [-0.15, -0.1) is 0 Å². The monoisotopic (exact) mass is 950 g/mol. The molecule has 1 aromatic heterocycles. The third kappa shape index (κ3) is 5.91. The molecule has 2 heteroatoms. The normalized spacial score (nSPS) is 12.9. The van der Waals surface area contributed by atoms with Gasteiger partial charge >= 0.3 is 0 Å². The van der Waals surface area contributed by atoms with E-state index in [1.54, 1.807) is 0 Å². The highest BCUT2D eigenvalue weighted by molar-refractivity contribution is 6.26. The number of hydrogen-bond acceptors (Lipinski definition) is 1. The summed E-state index contributed by atoms with van der Waals surface area (Å²) < 4.78 is 2.39. The van der Waals surface area contributed by atoms with Gasteiger partial charge in [-0.2, -0.15) is 0 Å². The van der Waals surface area contributed by atoms with Gasteiger partial charge in [0.25, 0.3) is 0 Å². The molecule has 0 saturated carbocycles. The van der Waals surface area contributed by atoms with Crippen molar-refractivity contribution >= 4 is 71.2 Å². The number of benzene rings is 13. The van der Waals surface area contributed by atoms with Crippen molar-refractivity contribution in [3.63, 3.8) is 0 Å². The van der Waals surface area contributed by atoms with Crippen LogP contribution in [0, 0.1) is 0 Å². The van der Waals surface area contributed by atoms with E-state index in [0.29, 0.717) is 0 Å². The number of anilines is 3. The lowest BCUT2D eigenvalue weighted by atomic mass is 9.70. The molecular formula is C73H46N2. The fourth-order valence-electron chi connectivity index (χ4n) is 13.5. The quantitative estimate of drug-likeness (QED) is 0.151. The van der Waals surface area contributed by atoms with Gasteiger partial charge in [0.1, 0.15) is 0 Å². The Balaban J connectivity index is 0.867. The van der Waals surface area contributed by atoms with Gasteiger partial charge in [0.05, 0.1) is 22.1 Å². The van der Waals surface area contributed by atoms with E-state index in [2.05, 4.69) is 289 Å². The molecule has 2 aliphatic rings. The summed E-state index contributed by atoms with van der Waals surface area (Å²) in [6.45, 7) is 0. The maximum Gasteiger partial charge on any atom is 0.0726 e. The van der Waals surface area contributed by atoms with Crippen molar-refractivity contribution < 1.29 is 0 Å². The molecule has 16 rings (SSSR count). The van der Waals surface area contributed by atoms with Crippen molar-refractivity contribution in [2.24, 2.45) is 0 Å².